The number of fused-ring (bicyclic) bond motifs is 9. The van der Waals surface area contributed by atoms with Crippen molar-refractivity contribution in [3.63, 3.8) is 0 Å². The number of aromatic nitrogens is 6. The third-order valence-electron chi connectivity index (χ3n) is 13.1. The molecule has 0 amide bonds. The van der Waals surface area contributed by atoms with E-state index in [1.165, 1.54) is 0 Å². The summed E-state index contributed by atoms with van der Waals surface area (Å²) in [4.78, 5) is 31.0. The Morgan fingerprint density at radius 3 is 0.985 bits per heavy atom. The largest absolute Gasteiger partial charge is 0.457 e. The van der Waals surface area contributed by atoms with Crippen molar-refractivity contribution in [1.29, 1.82) is 0 Å². The first-order valence-electron chi connectivity index (χ1n) is 22.7. The van der Waals surface area contributed by atoms with Gasteiger partial charge in [0.05, 0.1) is 5.41 Å². The topological polar surface area (TPSA) is 86.6 Å². The Kier molecular flexibility index (Phi) is 9.25. The molecule has 1 aliphatic heterocycles. The van der Waals surface area contributed by atoms with Gasteiger partial charge in [0.15, 0.2) is 34.9 Å². The lowest BCUT2D eigenvalue weighted by molar-refractivity contribution is 0.436. The van der Waals surface area contributed by atoms with Crippen molar-refractivity contribution in [2.45, 2.75) is 5.41 Å². The van der Waals surface area contributed by atoms with Crippen molar-refractivity contribution in [1.82, 2.24) is 29.9 Å². The van der Waals surface area contributed by atoms with Crippen LogP contribution < -0.4 is 4.74 Å². The van der Waals surface area contributed by atoms with Gasteiger partial charge in [-0.3, -0.25) is 0 Å². The average Bonchev–Trinajstić information content (AvgIpc) is 3.70. The molecule has 0 N–H and O–H groups in total. The van der Waals surface area contributed by atoms with Gasteiger partial charge in [-0.15, -0.1) is 0 Å². The zero-order chi connectivity index (χ0) is 45.0. The van der Waals surface area contributed by atoms with E-state index in [-0.39, 0.29) is 0 Å². The van der Waals surface area contributed by atoms with Crippen molar-refractivity contribution in [2.75, 3.05) is 0 Å². The first-order chi connectivity index (χ1) is 33.7. The Bertz CT molecular complexity index is 3610. The standard InChI is InChI=1S/C61H38N6O/c1-5-18-39(19-6-1)43-26-17-27-44(36-43)58-63-57(42-24-11-4-12-25-42)66-60(67-58)46-33-35-48-47-34-32-45(59-64-55(40-20-7-2-8-21-40)62-56(65-59)41-22-9-3-10-23-41)37-51(47)61(52(48)38-46)49-28-13-15-30-53(49)68-54-31-16-14-29-50(54)61/h1-38H. The summed E-state index contributed by atoms with van der Waals surface area (Å²) in [6.07, 6.45) is 0. The molecule has 13 rings (SSSR count). The van der Waals surface area contributed by atoms with Gasteiger partial charge in [-0.2, -0.15) is 0 Å². The van der Waals surface area contributed by atoms with Crippen LogP contribution in [0.25, 0.3) is 90.6 Å². The Morgan fingerprint density at radius 1 is 0.235 bits per heavy atom. The number of ether oxygens (including phenoxy) is 1. The van der Waals surface area contributed by atoms with Crippen LogP contribution in [-0.2, 0) is 5.41 Å². The maximum atomic E-state index is 6.76. The van der Waals surface area contributed by atoms with Crippen molar-refractivity contribution in [3.05, 3.63) is 253 Å². The van der Waals surface area contributed by atoms with Crippen LogP contribution in [0.2, 0.25) is 0 Å². The number of benzene rings is 9. The van der Waals surface area contributed by atoms with Crippen LogP contribution in [0.1, 0.15) is 22.3 Å². The predicted octanol–water partition coefficient (Wildman–Crippen LogP) is 14.2. The van der Waals surface area contributed by atoms with Crippen LogP contribution in [0.15, 0.2) is 231 Å². The van der Waals surface area contributed by atoms with Crippen LogP contribution in [0.4, 0.5) is 0 Å². The molecule has 0 unspecified atom stereocenters. The second kappa shape index (κ2) is 16.0. The molecule has 3 heterocycles. The first kappa shape index (κ1) is 39.2. The fourth-order valence-corrected chi connectivity index (χ4v) is 9.93. The molecule has 0 atom stereocenters. The molecule has 1 aliphatic carbocycles. The summed E-state index contributed by atoms with van der Waals surface area (Å²) in [5, 5.41) is 0. The smallest absolute Gasteiger partial charge is 0.164 e. The van der Waals surface area contributed by atoms with Gasteiger partial charge < -0.3 is 4.74 Å². The molecule has 68 heavy (non-hydrogen) atoms. The molecule has 7 nitrogen and oxygen atoms in total. The SMILES string of the molecule is c1ccc(-c2cccc(-c3nc(-c4ccccc4)nc(-c4ccc5c(c4)C4(c6ccccc6Oc6ccccc64)c4cc(-c6nc(-c7ccccc7)nc(-c7ccccc7)n6)ccc4-5)n3)c2)cc1. The molecule has 2 aromatic heterocycles. The molecule has 1 spiro atoms. The second-order valence-electron chi connectivity index (χ2n) is 17.0. The van der Waals surface area contributed by atoms with Crippen LogP contribution in [0, 0.1) is 0 Å². The third kappa shape index (κ3) is 6.51. The molecule has 2 aliphatic rings. The van der Waals surface area contributed by atoms with E-state index in [1.54, 1.807) is 0 Å². The van der Waals surface area contributed by atoms with E-state index in [9.17, 15) is 0 Å². The Morgan fingerprint density at radius 2 is 0.559 bits per heavy atom. The van der Waals surface area contributed by atoms with Crippen LogP contribution in [0.3, 0.4) is 0 Å². The fraction of sp³-hybridized carbons (Fsp3) is 0.0164. The number of nitrogens with zero attached hydrogens (tertiary/aromatic N) is 6. The van der Waals surface area contributed by atoms with Crippen molar-refractivity contribution in [2.24, 2.45) is 0 Å². The Hall–Kier alpha value is -9.20. The van der Waals surface area contributed by atoms with E-state index in [2.05, 4.69) is 121 Å². The molecule has 7 heteroatoms. The quantitative estimate of drug-likeness (QED) is 0.158. The summed E-state index contributed by atoms with van der Waals surface area (Å²) < 4.78 is 6.76. The highest BCUT2D eigenvalue weighted by Gasteiger charge is 2.51. The minimum absolute atomic E-state index is 0.578. The van der Waals surface area contributed by atoms with Gasteiger partial charge in [0.1, 0.15) is 11.5 Å². The zero-order valence-corrected chi connectivity index (χ0v) is 36.5. The highest BCUT2D eigenvalue weighted by Crippen LogP contribution is 2.62. The summed E-state index contributed by atoms with van der Waals surface area (Å²) in [6.45, 7) is 0. The number of rotatable bonds is 7. The van der Waals surface area contributed by atoms with E-state index in [0.717, 1.165) is 89.4 Å². The van der Waals surface area contributed by atoms with E-state index in [0.29, 0.717) is 34.9 Å². The monoisotopic (exact) mass is 870 g/mol. The lowest BCUT2D eigenvalue weighted by Gasteiger charge is -2.39. The highest BCUT2D eigenvalue weighted by molar-refractivity contribution is 5.91. The van der Waals surface area contributed by atoms with Gasteiger partial charge in [-0.1, -0.05) is 200 Å². The number of para-hydroxylation sites is 2. The van der Waals surface area contributed by atoms with Crippen LogP contribution in [-0.4, -0.2) is 29.9 Å². The normalized spacial score (nSPS) is 12.6. The molecule has 0 radical (unpaired) electrons. The summed E-state index contributed by atoms with van der Waals surface area (Å²) in [6, 6.07) is 79.2. The Balaban J connectivity index is 1.03. The average molecular weight is 871 g/mol. The minimum Gasteiger partial charge on any atom is -0.457 e. The van der Waals surface area contributed by atoms with Gasteiger partial charge in [0.2, 0.25) is 0 Å². The summed E-state index contributed by atoms with van der Waals surface area (Å²) >= 11 is 0. The van der Waals surface area contributed by atoms with Gasteiger partial charge in [0, 0.05) is 44.5 Å². The molecule has 0 saturated heterocycles. The lowest BCUT2D eigenvalue weighted by atomic mass is 9.65. The molecular weight excluding hydrogens is 833 g/mol. The maximum absolute atomic E-state index is 6.76. The molecule has 9 aromatic carbocycles. The van der Waals surface area contributed by atoms with Crippen molar-refractivity contribution in [3.8, 4) is 102 Å². The molecule has 0 saturated carbocycles. The van der Waals surface area contributed by atoms with Crippen LogP contribution >= 0.6 is 0 Å². The van der Waals surface area contributed by atoms with E-state index in [4.69, 9.17) is 34.6 Å². The molecule has 318 valence electrons. The summed E-state index contributed by atoms with van der Waals surface area (Å²) in [5.74, 6) is 5.17. The van der Waals surface area contributed by atoms with Gasteiger partial charge >= 0.3 is 0 Å². The fourth-order valence-electron chi connectivity index (χ4n) is 9.93. The number of hydrogen-bond donors (Lipinski definition) is 0. The molecule has 0 fully saturated rings. The van der Waals surface area contributed by atoms with E-state index in [1.807, 2.05) is 109 Å². The van der Waals surface area contributed by atoms with Gasteiger partial charge in [-0.25, -0.2) is 29.9 Å². The van der Waals surface area contributed by atoms with E-state index < -0.39 is 5.41 Å². The summed E-state index contributed by atoms with van der Waals surface area (Å²) in [5.41, 5.74) is 13.3. The van der Waals surface area contributed by atoms with Crippen molar-refractivity contribution >= 4 is 0 Å². The maximum Gasteiger partial charge on any atom is 0.164 e. The predicted molar refractivity (Wildman–Crippen MR) is 269 cm³/mol. The molecule has 11 aromatic rings. The second-order valence-corrected chi connectivity index (χ2v) is 17.0. The van der Waals surface area contributed by atoms with E-state index >= 15 is 0 Å². The molecular formula is C61H38N6O. The number of hydrogen-bond acceptors (Lipinski definition) is 7. The first-order valence-corrected chi connectivity index (χ1v) is 22.7. The van der Waals surface area contributed by atoms with Gasteiger partial charge in [-0.05, 0) is 63.7 Å². The minimum atomic E-state index is -0.804. The highest BCUT2D eigenvalue weighted by atomic mass is 16.5. The zero-order valence-electron chi connectivity index (χ0n) is 36.5. The lowest BCUT2D eigenvalue weighted by Crippen LogP contribution is -2.32. The van der Waals surface area contributed by atoms with Crippen molar-refractivity contribution < 1.29 is 4.74 Å². The third-order valence-corrected chi connectivity index (χ3v) is 13.1. The molecule has 0 bridgehead atoms. The summed E-state index contributed by atoms with van der Waals surface area (Å²) in [7, 11) is 0. The van der Waals surface area contributed by atoms with Crippen LogP contribution in [0.5, 0.6) is 11.5 Å². The Labute approximate surface area is 393 Å². The van der Waals surface area contributed by atoms with Gasteiger partial charge in [0.25, 0.3) is 0 Å².